The lowest BCUT2D eigenvalue weighted by Gasteiger charge is -2.21. The minimum Gasteiger partial charge on any atom is -0.497 e. The summed E-state index contributed by atoms with van der Waals surface area (Å²) in [6, 6.07) is 7.67. The molecule has 0 saturated heterocycles. The monoisotopic (exact) mass is 285 g/mol. The van der Waals surface area contributed by atoms with E-state index >= 15 is 0 Å². The first kappa shape index (κ1) is 16.1. The Bertz CT molecular complexity index is 329. The smallest absolute Gasteiger partial charge is 0.119 e. The van der Waals surface area contributed by atoms with Crippen molar-refractivity contribution in [3.63, 3.8) is 0 Å². The van der Waals surface area contributed by atoms with Crippen LogP contribution in [0.1, 0.15) is 19.8 Å². The molecule has 0 unspecified atom stereocenters. The Labute approximate surface area is 121 Å². The van der Waals surface area contributed by atoms with E-state index in [0.717, 1.165) is 31.1 Å². The summed E-state index contributed by atoms with van der Waals surface area (Å²) < 4.78 is 10.8. The molecule has 0 aliphatic carbocycles. The van der Waals surface area contributed by atoms with Crippen LogP contribution < -0.4 is 9.47 Å². The predicted octanol–water partition coefficient (Wildman–Crippen LogP) is 3.41. The molecular weight excluding hydrogens is 262 g/mol. The molecule has 0 aliphatic heterocycles. The van der Waals surface area contributed by atoms with Crippen molar-refractivity contribution in [1.82, 2.24) is 4.90 Å². The second-order valence-corrected chi connectivity index (χ2v) is 4.79. The van der Waals surface area contributed by atoms with E-state index in [-0.39, 0.29) is 0 Å². The summed E-state index contributed by atoms with van der Waals surface area (Å²) in [6.45, 7) is 5.82. The molecule has 3 nitrogen and oxygen atoms in total. The van der Waals surface area contributed by atoms with Crippen molar-refractivity contribution in [2.75, 3.05) is 39.2 Å². The van der Waals surface area contributed by atoms with Crippen LogP contribution in [0.25, 0.3) is 0 Å². The summed E-state index contributed by atoms with van der Waals surface area (Å²) in [4.78, 5) is 2.35. The van der Waals surface area contributed by atoms with Crippen LogP contribution >= 0.6 is 11.6 Å². The normalized spacial score (nSPS) is 10.7. The number of ether oxygens (including phenoxy) is 2. The van der Waals surface area contributed by atoms with Gasteiger partial charge in [0.25, 0.3) is 0 Å². The van der Waals surface area contributed by atoms with Crippen LogP contribution in [0, 0.1) is 0 Å². The van der Waals surface area contributed by atoms with E-state index in [4.69, 9.17) is 21.1 Å². The number of unbranched alkanes of at least 4 members (excludes halogenated alkanes) is 1. The van der Waals surface area contributed by atoms with Gasteiger partial charge < -0.3 is 9.47 Å². The summed E-state index contributed by atoms with van der Waals surface area (Å²) >= 11 is 5.81. The van der Waals surface area contributed by atoms with Crippen LogP contribution in [0.5, 0.6) is 11.5 Å². The lowest BCUT2D eigenvalue weighted by molar-refractivity contribution is 0.214. The molecule has 1 aromatic rings. The Kier molecular flexibility index (Phi) is 8.43. The number of alkyl halides is 1. The number of hydrogen-bond donors (Lipinski definition) is 0. The number of methoxy groups -OCH3 is 1. The SMILES string of the molecule is CCCCN(CCCl)CCOc1ccc(OC)cc1. The van der Waals surface area contributed by atoms with Gasteiger partial charge in [-0.3, -0.25) is 4.90 Å². The third-order valence-electron chi connectivity index (χ3n) is 2.96. The zero-order chi connectivity index (χ0) is 13.9. The topological polar surface area (TPSA) is 21.7 Å². The van der Waals surface area contributed by atoms with Crippen LogP contribution in [-0.4, -0.2) is 44.1 Å². The first-order valence-electron chi connectivity index (χ1n) is 6.85. The average Bonchev–Trinajstić information content (AvgIpc) is 2.45. The highest BCUT2D eigenvalue weighted by Gasteiger charge is 2.04. The largest absolute Gasteiger partial charge is 0.497 e. The molecule has 0 radical (unpaired) electrons. The Hall–Kier alpha value is -0.930. The highest BCUT2D eigenvalue weighted by Crippen LogP contribution is 2.16. The molecule has 19 heavy (non-hydrogen) atoms. The summed E-state index contributed by atoms with van der Waals surface area (Å²) in [5.41, 5.74) is 0. The fourth-order valence-electron chi connectivity index (χ4n) is 1.80. The minimum absolute atomic E-state index is 0.673. The fourth-order valence-corrected chi connectivity index (χ4v) is 2.04. The van der Waals surface area contributed by atoms with Crippen LogP contribution in [-0.2, 0) is 0 Å². The van der Waals surface area contributed by atoms with Crippen molar-refractivity contribution >= 4 is 11.6 Å². The van der Waals surface area contributed by atoms with Crippen molar-refractivity contribution < 1.29 is 9.47 Å². The van der Waals surface area contributed by atoms with E-state index in [9.17, 15) is 0 Å². The zero-order valence-corrected chi connectivity index (χ0v) is 12.7. The molecule has 0 spiro atoms. The van der Waals surface area contributed by atoms with E-state index < -0.39 is 0 Å². The fraction of sp³-hybridized carbons (Fsp3) is 0.600. The number of nitrogens with zero attached hydrogens (tertiary/aromatic N) is 1. The Morgan fingerprint density at radius 3 is 2.32 bits per heavy atom. The van der Waals surface area contributed by atoms with Gasteiger partial charge in [-0.25, -0.2) is 0 Å². The molecule has 1 rings (SSSR count). The highest BCUT2D eigenvalue weighted by atomic mass is 35.5. The third-order valence-corrected chi connectivity index (χ3v) is 3.13. The summed E-state index contributed by atoms with van der Waals surface area (Å²) in [6.07, 6.45) is 2.41. The standard InChI is InChI=1S/C15H24ClNO2/c1-3-4-10-17(11-9-16)12-13-19-15-7-5-14(18-2)6-8-15/h5-8H,3-4,9-13H2,1-2H3. The first-order valence-corrected chi connectivity index (χ1v) is 7.38. The van der Waals surface area contributed by atoms with Gasteiger partial charge in [0.2, 0.25) is 0 Å². The second-order valence-electron chi connectivity index (χ2n) is 4.41. The van der Waals surface area contributed by atoms with E-state index in [2.05, 4.69) is 11.8 Å². The van der Waals surface area contributed by atoms with Crippen molar-refractivity contribution in [1.29, 1.82) is 0 Å². The molecule has 0 heterocycles. The number of rotatable bonds is 10. The average molecular weight is 286 g/mol. The lowest BCUT2D eigenvalue weighted by Crippen LogP contribution is -2.31. The van der Waals surface area contributed by atoms with Gasteiger partial charge in [0, 0.05) is 19.0 Å². The van der Waals surface area contributed by atoms with E-state index in [1.165, 1.54) is 12.8 Å². The molecule has 0 amide bonds. The lowest BCUT2D eigenvalue weighted by atomic mass is 10.3. The minimum atomic E-state index is 0.673. The van der Waals surface area contributed by atoms with Crippen molar-refractivity contribution in [3.8, 4) is 11.5 Å². The Morgan fingerprint density at radius 1 is 1.05 bits per heavy atom. The van der Waals surface area contributed by atoms with Gasteiger partial charge in [-0.15, -0.1) is 11.6 Å². The predicted molar refractivity (Wildman–Crippen MR) is 80.6 cm³/mol. The van der Waals surface area contributed by atoms with Crippen LogP contribution in [0.15, 0.2) is 24.3 Å². The maximum Gasteiger partial charge on any atom is 0.119 e. The maximum atomic E-state index is 5.81. The van der Waals surface area contributed by atoms with Crippen LogP contribution in [0.2, 0.25) is 0 Å². The van der Waals surface area contributed by atoms with Gasteiger partial charge in [-0.1, -0.05) is 13.3 Å². The molecule has 0 saturated carbocycles. The second kappa shape index (κ2) is 9.93. The van der Waals surface area contributed by atoms with Crippen molar-refractivity contribution in [3.05, 3.63) is 24.3 Å². The van der Waals surface area contributed by atoms with E-state index in [1.807, 2.05) is 24.3 Å². The molecule has 0 aliphatic rings. The maximum absolute atomic E-state index is 5.81. The quantitative estimate of drug-likeness (QED) is 0.615. The Morgan fingerprint density at radius 2 is 1.74 bits per heavy atom. The van der Waals surface area contributed by atoms with Gasteiger partial charge in [0.05, 0.1) is 7.11 Å². The molecule has 0 bridgehead atoms. The Balaban J connectivity index is 2.29. The number of halogens is 1. The number of hydrogen-bond acceptors (Lipinski definition) is 3. The van der Waals surface area contributed by atoms with Crippen molar-refractivity contribution in [2.24, 2.45) is 0 Å². The molecule has 1 aromatic carbocycles. The summed E-state index contributed by atoms with van der Waals surface area (Å²) in [7, 11) is 1.66. The molecular formula is C15H24ClNO2. The van der Waals surface area contributed by atoms with E-state index in [1.54, 1.807) is 7.11 Å². The molecule has 0 fully saturated rings. The number of benzene rings is 1. The van der Waals surface area contributed by atoms with Gasteiger partial charge in [-0.2, -0.15) is 0 Å². The molecule has 0 N–H and O–H groups in total. The van der Waals surface area contributed by atoms with Crippen molar-refractivity contribution in [2.45, 2.75) is 19.8 Å². The summed E-state index contributed by atoms with van der Waals surface area (Å²) in [5, 5.41) is 0. The van der Waals surface area contributed by atoms with E-state index in [0.29, 0.717) is 12.5 Å². The van der Waals surface area contributed by atoms with Gasteiger partial charge in [0.1, 0.15) is 18.1 Å². The summed E-state index contributed by atoms with van der Waals surface area (Å²) in [5.74, 6) is 2.40. The molecule has 0 aromatic heterocycles. The first-order chi connectivity index (χ1) is 9.30. The molecule has 108 valence electrons. The van der Waals surface area contributed by atoms with Gasteiger partial charge in [0.15, 0.2) is 0 Å². The molecule has 4 heteroatoms. The highest BCUT2D eigenvalue weighted by molar-refractivity contribution is 6.18. The van der Waals surface area contributed by atoms with Crippen LogP contribution in [0.3, 0.4) is 0 Å². The zero-order valence-electron chi connectivity index (χ0n) is 11.9. The molecule has 0 atom stereocenters. The van der Waals surface area contributed by atoms with Gasteiger partial charge >= 0.3 is 0 Å². The third kappa shape index (κ3) is 6.69. The van der Waals surface area contributed by atoms with Crippen LogP contribution in [0.4, 0.5) is 0 Å². The van der Waals surface area contributed by atoms with Gasteiger partial charge in [-0.05, 0) is 37.2 Å².